The van der Waals surface area contributed by atoms with Crippen molar-refractivity contribution in [1.29, 1.82) is 0 Å². The maximum absolute atomic E-state index is 12.4. The summed E-state index contributed by atoms with van der Waals surface area (Å²) in [5.74, 6) is 0.417. The summed E-state index contributed by atoms with van der Waals surface area (Å²) in [7, 11) is 1.64. The van der Waals surface area contributed by atoms with Gasteiger partial charge < -0.3 is 19.7 Å². The maximum Gasteiger partial charge on any atom is 0.317 e. The normalized spacial score (nSPS) is 18.0. The van der Waals surface area contributed by atoms with Crippen LogP contribution < -0.4 is 5.32 Å². The summed E-state index contributed by atoms with van der Waals surface area (Å²) in [5, 5.41) is 3.01. The molecule has 2 amide bonds. The molecule has 0 aliphatic carbocycles. The summed E-state index contributed by atoms with van der Waals surface area (Å²) in [6.07, 6.45) is 5.69. The first-order chi connectivity index (χ1) is 10.8. The summed E-state index contributed by atoms with van der Waals surface area (Å²) in [5.41, 5.74) is 1.01. The van der Waals surface area contributed by atoms with Gasteiger partial charge in [-0.1, -0.05) is 6.07 Å². The maximum atomic E-state index is 12.4. The molecule has 1 atom stereocenters. The molecule has 122 valence electrons. The average molecular weight is 307 g/mol. The smallest absolute Gasteiger partial charge is 0.317 e. The Kier molecular flexibility index (Phi) is 7.12. The summed E-state index contributed by atoms with van der Waals surface area (Å²) < 4.78 is 10.5. The number of rotatable bonds is 7. The Balaban J connectivity index is 1.84. The zero-order valence-corrected chi connectivity index (χ0v) is 13.2. The van der Waals surface area contributed by atoms with Crippen LogP contribution in [0.2, 0.25) is 0 Å². The van der Waals surface area contributed by atoms with Crippen molar-refractivity contribution in [2.75, 3.05) is 40.0 Å². The van der Waals surface area contributed by atoms with Crippen LogP contribution >= 0.6 is 0 Å². The molecule has 2 heterocycles. The summed E-state index contributed by atoms with van der Waals surface area (Å²) in [6, 6.07) is 3.78. The van der Waals surface area contributed by atoms with Crippen LogP contribution in [0.3, 0.4) is 0 Å². The average Bonchev–Trinajstić information content (AvgIpc) is 2.58. The number of hydrogen-bond donors (Lipinski definition) is 1. The zero-order chi connectivity index (χ0) is 15.6. The van der Waals surface area contributed by atoms with Crippen LogP contribution in [-0.4, -0.2) is 55.9 Å². The molecular weight excluding hydrogens is 282 g/mol. The Hall–Kier alpha value is -1.66. The fraction of sp³-hybridized carbons (Fsp3) is 0.625. The van der Waals surface area contributed by atoms with Crippen molar-refractivity contribution in [2.45, 2.75) is 19.4 Å². The second-order valence-corrected chi connectivity index (χ2v) is 5.54. The molecule has 6 heteroatoms. The molecule has 1 aliphatic rings. The van der Waals surface area contributed by atoms with E-state index in [1.165, 1.54) is 0 Å². The van der Waals surface area contributed by atoms with Crippen LogP contribution in [0.1, 0.15) is 18.4 Å². The van der Waals surface area contributed by atoms with Crippen LogP contribution in [0.15, 0.2) is 24.5 Å². The first kappa shape index (κ1) is 16.7. The number of amides is 2. The molecule has 0 bridgehead atoms. The molecule has 0 radical (unpaired) electrons. The van der Waals surface area contributed by atoms with Gasteiger partial charge in [-0.2, -0.15) is 0 Å². The molecule has 1 aromatic heterocycles. The summed E-state index contributed by atoms with van der Waals surface area (Å²) in [6.45, 7) is 3.84. The fourth-order valence-corrected chi connectivity index (χ4v) is 2.48. The highest BCUT2D eigenvalue weighted by molar-refractivity contribution is 5.74. The van der Waals surface area contributed by atoms with Gasteiger partial charge in [-0.05, 0) is 30.4 Å². The number of ether oxygens (including phenoxy) is 2. The van der Waals surface area contributed by atoms with Crippen molar-refractivity contribution in [1.82, 2.24) is 15.2 Å². The Morgan fingerprint density at radius 2 is 2.50 bits per heavy atom. The van der Waals surface area contributed by atoms with E-state index in [0.29, 0.717) is 32.2 Å². The van der Waals surface area contributed by atoms with Gasteiger partial charge in [-0.3, -0.25) is 4.98 Å². The molecule has 1 aliphatic heterocycles. The van der Waals surface area contributed by atoms with Crippen molar-refractivity contribution in [2.24, 2.45) is 5.92 Å². The lowest BCUT2D eigenvalue weighted by Crippen LogP contribution is -2.43. The van der Waals surface area contributed by atoms with Gasteiger partial charge in [0, 0.05) is 45.7 Å². The van der Waals surface area contributed by atoms with Gasteiger partial charge in [0.25, 0.3) is 0 Å². The molecule has 0 spiro atoms. The SMILES string of the molecule is COCCN(Cc1cccnc1)C(=O)NCC1CCCOC1. The molecule has 0 aromatic carbocycles. The monoisotopic (exact) mass is 307 g/mol. The van der Waals surface area contributed by atoms with Crippen LogP contribution in [0.5, 0.6) is 0 Å². The van der Waals surface area contributed by atoms with Gasteiger partial charge in [0.1, 0.15) is 0 Å². The van der Waals surface area contributed by atoms with E-state index in [4.69, 9.17) is 9.47 Å². The van der Waals surface area contributed by atoms with Crippen LogP contribution in [0.25, 0.3) is 0 Å². The predicted molar refractivity (Wildman–Crippen MR) is 83.5 cm³/mol. The Bertz CT molecular complexity index is 436. The van der Waals surface area contributed by atoms with E-state index < -0.39 is 0 Å². The highest BCUT2D eigenvalue weighted by atomic mass is 16.5. The number of hydrogen-bond acceptors (Lipinski definition) is 4. The highest BCUT2D eigenvalue weighted by Gasteiger charge is 2.18. The Labute approximate surface area is 131 Å². The molecular formula is C16H25N3O3. The summed E-state index contributed by atoms with van der Waals surface area (Å²) in [4.78, 5) is 18.2. The van der Waals surface area contributed by atoms with Crippen LogP contribution in [0.4, 0.5) is 4.79 Å². The van der Waals surface area contributed by atoms with Crippen molar-refractivity contribution in [3.8, 4) is 0 Å². The highest BCUT2D eigenvalue weighted by Crippen LogP contribution is 2.12. The third-order valence-corrected chi connectivity index (χ3v) is 3.75. The van der Waals surface area contributed by atoms with Crippen molar-refractivity contribution >= 4 is 6.03 Å². The first-order valence-corrected chi connectivity index (χ1v) is 7.78. The van der Waals surface area contributed by atoms with E-state index in [9.17, 15) is 4.79 Å². The van der Waals surface area contributed by atoms with E-state index >= 15 is 0 Å². The zero-order valence-electron chi connectivity index (χ0n) is 13.2. The number of carbonyl (C=O) groups excluding carboxylic acids is 1. The minimum Gasteiger partial charge on any atom is -0.383 e. The van der Waals surface area contributed by atoms with E-state index in [1.807, 2.05) is 12.1 Å². The number of carbonyl (C=O) groups is 1. The molecule has 1 fully saturated rings. The van der Waals surface area contributed by atoms with E-state index in [-0.39, 0.29) is 6.03 Å². The molecule has 0 saturated carbocycles. The molecule has 1 aromatic rings. The molecule has 2 rings (SSSR count). The second-order valence-electron chi connectivity index (χ2n) is 5.54. The Morgan fingerprint density at radius 1 is 1.59 bits per heavy atom. The minimum absolute atomic E-state index is 0.0634. The van der Waals surface area contributed by atoms with Crippen molar-refractivity contribution < 1.29 is 14.3 Å². The standard InChI is InChI=1S/C16H25N3O3/c1-21-9-7-19(12-14-4-2-6-17-10-14)16(20)18-11-15-5-3-8-22-13-15/h2,4,6,10,15H,3,5,7-9,11-13H2,1H3,(H,18,20). The lowest BCUT2D eigenvalue weighted by Gasteiger charge is -2.26. The molecule has 1 saturated heterocycles. The molecule has 22 heavy (non-hydrogen) atoms. The number of pyridine rings is 1. The van der Waals surface area contributed by atoms with Crippen LogP contribution in [0, 0.1) is 5.92 Å². The van der Waals surface area contributed by atoms with Gasteiger partial charge in [-0.25, -0.2) is 4.79 Å². The van der Waals surface area contributed by atoms with Crippen LogP contribution in [-0.2, 0) is 16.0 Å². The third-order valence-electron chi connectivity index (χ3n) is 3.75. The predicted octanol–water partition coefficient (Wildman–Crippen LogP) is 1.67. The van der Waals surface area contributed by atoms with E-state index in [2.05, 4.69) is 10.3 Å². The minimum atomic E-state index is -0.0634. The van der Waals surface area contributed by atoms with Crippen molar-refractivity contribution in [3.63, 3.8) is 0 Å². The summed E-state index contributed by atoms with van der Waals surface area (Å²) >= 11 is 0. The van der Waals surface area contributed by atoms with E-state index in [1.54, 1.807) is 24.4 Å². The second kappa shape index (κ2) is 9.38. The number of methoxy groups -OCH3 is 1. The third kappa shape index (κ3) is 5.61. The molecule has 6 nitrogen and oxygen atoms in total. The topological polar surface area (TPSA) is 63.7 Å². The quantitative estimate of drug-likeness (QED) is 0.832. The lowest BCUT2D eigenvalue weighted by atomic mass is 10.0. The van der Waals surface area contributed by atoms with Gasteiger partial charge in [0.15, 0.2) is 0 Å². The van der Waals surface area contributed by atoms with Crippen molar-refractivity contribution in [3.05, 3.63) is 30.1 Å². The van der Waals surface area contributed by atoms with Gasteiger partial charge >= 0.3 is 6.03 Å². The Morgan fingerprint density at radius 3 is 3.18 bits per heavy atom. The number of nitrogens with zero attached hydrogens (tertiary/aromatic N) is 2. The van der Waals surface area contributed by atoms with Gasteiger partial charge in [0.05, 0.1) is 13.2 Å². The number of nitrogens with one attached hydrogen (secondary N) is 1. The largest absolute Gasteiger partial charge is 0.383 e. The molecule has 1 N–H and O–H groups in total. The van der Waals surface area contributed by atoms with E-state index in [0.717, 1.165) is 31.6 Å². The molecule has 1 unspecified atom stereocenters. The fourth-order valence-electron chi connectivity index (χ4n) is 2.48. The first-order valence-electron chi connectivity index (χ1n) is 7.78. The lowest BCUT2D eigenvalue weighted by molar-refractivity contribution is 0.0549. The van der Waals surface area contributed by atoms with Gasteiger partial charge in [-0.15, -0.1) is 0 Å². The van der Waals surface area contributed by atoms with Gasteiger partial charge in [0.2, 0.25) is 0 Å². The number of aromatic nitrogens is 1. The number of urea groups is 1.